The topological polar surface area (TPSA) is 78.9 Å². The van der Waals surface area contributed by atoms with E-state index in [9.17, 15) is 14.4 Å². The minimum atomic E-state index is -0.822. The molecular weight excluding hydrogens is 697 g/mol. The number of carbonyl (C=O) groups excluding carboxylic acids is 3. The fraction of sp³-hybridized carbons (Fsp3) is 0.580. The van der Waals surface area contributed by atoms with Crippen molar-refractivity contribution in [3.05, 3.63) is 109 Å². The van der Waals surface area contributed by atoms with Crippen molar-refractivity contribution in [2.75, 3.05) is 13.2 Å². The lowest BCUT2D eigenvalue weighted by Gasteiger charge is -2.18. The zero-order chi connectivity index (χ0) is 40.8. The van der Waals surface area contributed by atoms with Crippen molar-refractivity contribution in [2.45, 2.75) is 175 Å². The molecule has 0 aromatic heterocycles. The summed E-state index contributed by atoms with van der Waals surface area (Å²) < 4.78 is 16.6. The van der Waals surface area contributed by atoms with Crippen molar-refractivity contribution >= 4 is 17.9 Å². The summed E-state index contributed by atoms with van der Waals surface area (Å²) in [6, 6.07) is 0. The molecule has 0 aliphatic heterocycles. The third-order valence-electron chi connectivity index (χ3n) is 8.56. The largest absolute Gasteiger partial charge is 0.462 e. The zero-order valence-corrected chi connectivity index (χ0v) is 35.6. The predicted molar refractivity (Wildman–Crippen MR) is 237 cm³/mol. The minimum Gasteiger partial charge on any atom is -0.462 e. The van der Waals surface area contributed by atoms with Gasteiger partial charge in [-0.25, -0.2) is 0 Å². The van der Waals surface area contributed by atoms with Crippen LogP contribution in [0, 0.1) is 0 Å². The van der Waals surface area contributed by atoms with Crippen LogP contribution in [0.15, 0.2) is 109 Å². The number of carbonyl (C=O) groups is 3. The lowest BCUT2D eigenvalue weighted by atomic mass is 10.1. The van der Waals surface area contributed by atoms with Crippen LogP contribution in [-0.2, 0) is 28.6 Å². The van der Waals surface area contributed by atoms with Crippen molar-refractivity contribution in [1.82, 2.24) is 0 Å². The highest BCUT2D eigenvalue weighted by Crippen LogP contribution is 2.12. The summed E-state index contributed by atoms with van der Waals surface area (Å²) in [4.78, 5) is 37.7. The first-order valence-electron chi connectivity index (χ1n) is 21.9. The molecule has 0 saturated heterocycles. The highest BCUT2D eigenvalue weighted by molar-refractivity contribution is 5.71. The molecule has 1 atom stereocenters. The molecule has 0 heterocycles. The van der Waals surface area contributed by atoms with Crippen molar-refractivity contribution in [3.8, 4) is 0 Å². The molecule has 0 aliphatic carbocycles. The summed E-state index contributed by atoms with van der Waals surface area (Å²) in [5.74, 6) is -1.04. The molecule has 0 aromatic rings. The Kier molecular flexibility index (Phi) is 40.7. The first-order chi connectivity index (χ1) is 27.5. The van der Waals surface area contributed by atoms with Gasteiger partial charge in [0.05, 0.1) is 0 Å². The van der Waals surface area contributed by atoms with Gasteiger partial charge in [0.1, 0.15) is 13.2 Å². The van der Waals surface area contributed by atoms with Gasteiger partial charge in [-0.15, -0.1) is 0 Å². The Hall–Kier alpha value is -3.93. The monoisotopic (exact) mass is 775 g/mol. The lowest BCUT2D eigenvalue weighted by molar-refractivity contribution is -0.167. The van der Waals surface area contributed by atoms with E-state index in [-0.39, 0.29) is 44.0 Å². The molecule has 0 amide bonds. The lowest BCUT2D eigenvalue weighted by Crippen LogP contribution is -2.30. The van der Waals surface area contributed by atoms with E-state index < -0.39 is 6.10 Å². The Bertz CT molecular complexity index is 1210. The molecule has 56 heavy (non-hydrogen) atoms. The smallest absolute Gasteiger partial charge is 0.306 e. The van der Waals surface area contributed by atoms with E-state index in [4.69, 9.17) is 14.2 Å². The van der Waals surface area contributed by atoms with E-state index in [0.717, 1.165) is 89.9 Å². The molecular formula is C50H78O6. The second-order valence-corrected chi connectivity index (χ2v) is 13.9. The molecule has 0 fully saturated rings. The average Bonchev–Trinajstić information content (AvgIpc) is 3.19. The molecule has 0 spiro atoms. The van der Waals surface area contributed by atoms with E-state index in [1.54, 1.807) is 0 Å². The Morgan fingerprint density at radius 1 is 0.375 bits per heavy atom. The number of allylic oxidation sites excluding steroid dienone is 18. The summed E-state index contributed by atoms with van der Waals surface area (Å²) >= 11 is 0. The SMILES string of the molecule is CC\C=C/C=C\C=C/CCCCCCCCCC(=O)OCC(COC(=O)CCC/C=C\C/C=C\C/C=C\CC)OC(=O)CCCC/C=C\C/C=C\C/C=C\CC. The molecule has 6 heteroatoms. The maximum absolute atomic E-state index is 12.7. The quantitative estimate of drug-likeness (QED) is 0.0206. The summed E-state index contributed by atoms with van der Waals surface area (Å²) in [6.45, 7) is 6.14. The van der Waals surface area contributed by atoms with Crippen LogP contribution in [0.2, 0.25) is 0 Å². The van der Waals surface area contributed by atoms with Crippen LogP contribution in [0.4, 0.5) is 0 Å². The molecule has 314 valence electrons. The summed E-state index contributed by atoms with van der Waals surface area (Å²) in [7, 11) is 0. The third kappa shape index (κ3) is 41.2. The van der Waals surface area contributed by atoms with E-state index >= 15 is 0 Å². The van der Waals surface area contributed by atoms with Gasteiger partial charge in [0.2, 0.25) is 0 Å². The van der Waals surface area contributed by atoms with Crippen LogP contribution in [-0.4, -0.2) is 37.2 Å². The number of hydrogen-bond acceptors (Lipinski definition) is 6. The van der Waals surface area contributed by atoms with Gasteiger partial charge in [0, 0.05) is 19.3 Å². The maximum atomic E-state index is 12.7. The van der Waals surface area contributed by atoms with Gasteiger partial charge in [-0.3, -0.25) is 14.4 Å². The fourth-order valence-electron chi connectivity index (χ4n) is 5.36. The maximum Gasteiger partial charge on any atom is 0.306 e. The molecule has 6 nitrogen and oxygen atoms in total. The second-order valence-electron chi connectivity index (χ2n) is 13.9. The van der Waals surface area contributed by atoms with E-state index in [1.807, 2.05) is 0 Å². The standard InChI is InChI=1S/C50H78O6/c1-4-7-10-13-16-19-22-24-25-26-29-31-34-37-40-43-49(52)55-46-47(45-54-48(51)42-39-36-33-30-27-21-18-15-12-9-6-3)56-50(53)44-41-38-35-32-28-23-20-17-14-11-8-5-2/h7-13,16-22,28,30,32-33,47H,4-6,14-15,23-27,29,31,34-46H2,1-3H3/b10-7-,11-8-,12-9-,16-13-,20-17-,21-18-,22-19-,32-28-,33-30-. The van der Waals surface area contributed by atoms with Gasteiger partial charge in [0.15, 0.2) is 6.10 Å². The summed E-state index contributed by atoms with van der Waals surface area (Å²) in [6.07, 6.45) is 58.0. The summed E-state index contributed by atoms with van der Waals surface area (Å²) in [5.41, 5.74) is 0. The first-order valence-corrected chi connectivity index (χ1v) is 21.9. The predicted octanol–water partition coefficient (Wildman–Crippen LogP) is 14.0. The number of unbranched alkanes of at least 4 members (excludes halogenated alkanes) is 10. The molecule has 0 aromatic carbocycles. The van der Waals surface area contributed by atoms with Crippen LogP contribution in [0.5, 0.6) is 0 Å². The molecule has 0 bridgehead atoms. The van der Waals surface area contributed by atoms with E-state index in [1.165, 1.54) is 25.7 Å². The van der Waals surface area contributed by atoms with E-state index in [2.05, 4.69) is 130 Å². The molecule has 0 rings (SSSR count). The van der Waals surface area contributed by atoms with Gasteiger partial charge in [-0.1, -0.05) is 162 Å². The highest BCUT2D eigenvalue weighted by atomic mass is 16.6. The van der Waals surface area contributed by atoms with Crippen molar-refractivity contribution in [3.63, 3.8) is 0 Å². The fourth-order valence-corrected chi connectivity index (χ4v) is 5.36. The molecule has 0 radical (unpaired) electrons. The molecule has 1 unspecified atom stereocenters. The molecule has 0 saturated carbocycles. The van der Waals surface area contributed by atoms with Crippen LogP contribution in [0.25, 0.3) is 0 Å². The van der Waals surface area contributed by atoms with Gasteiger partial charge in [-0.2, -0.15) is 0 Å². The molecule has 0 aliphatic rings. The van der Waals surface area contributed by atoms with E-state index in [0.29, 0.717) is 19.3 Å². The number of hydrogen-bond donors (Lipinski definition) is 0. The van der Waals surface area contributed by atoms with Crippen LogP contribution >= 0.6 is 0 Å². The number of esters is 3. The Balaban J connectivity index is 4.53. The van der Waals surface area contributed by atoms with Gasteiger partial charge in [-0.05, 0) is 96.3 Å². The normalized spacial score (nSPS) is 13.1. The Labute approximate surface area is 342 Å². The zero-order valence-electron chi connectivity index (χ0n) is 35.6. The minimum absolute atomic E-state index is 0.119. The van der Waals surface area contributed by atoms with Crippen LogP contribution in [0.3, 0.4) is 0 Å². The van der Waals surface area contributed by atoms with Crippen LogP contribution < -0.4 is 0 Å². The first kappa shape index (κ1) is 52.1. The van der Waals surface area contributed by atoms with Gasteiger partial charge >= 0.3 is 17.9 Å². The highest BCUT2D eigenvalue weighted by Gasteiger charge is 2.19. The Morgan fingerprint density at radius 2 is 0.750 bits per heavy atom. The number of ether oxygens (including phenoxy) is 3. The second kappa shape index (κ2) is 43.8. The van der Waals surface area contributed by atoms with Crippen molar-refractivity contribution in [2.24, 2.45) is 0 Å². The average molecular weight is 775 g/mol. The van der Waals surface area contributed by atoms with Crippen LogP contribution in [0.1, 0.15) is 168 Å². The third-order valence-corrected chi connectivity index (χ3v) is 8.56. The van der Waals surface area contributed by atoms with Gasteiger partial charge < -0.3 is 14.2 Å². The number of rotatable bonds is 37. The molecule has 0 N–H and O–H groups in total. The van der Waals surface area contributed by atoms with Gasteiger partial charge in [0.25, 0.3) is 0 Å². The summed E-state index contributed by atoms with van der Waals surface area (Å²) in [5, 5.41) is 0. The van der Waals surface area contributed by atoms with Crippen molar-refractivity contribution in [1.29, 1.82) is 0 Å². The van der Waals surface area contributed by atoms with Crippen molar-refractivity contribution < 1.29 is 28.6 Å². The Morgan fingerprint density at radius 3 is 1.30 bits per heavy atom.